The van der Waals surface area contributed by atoms with Crippen molar-refractivity contribution in [1.82, 2.24) is 9.97 Å². The molecular weight excluding hydrogens is 258 g/mol. The molecule has 0 aliphatic carbocycles. The summed E-state index contributed by atoms with van der Waals surface area (Å²) in [6, 6.07) is 9.53. The van der Waals surface area contributed by atoms with Crippen LogP contribution in [0.1, 0.15) is 6.92 Å². The maximum Gasteiger partial charge on any atom is 0.344 e. The van der Waals surface area contributed by atoms with Gasteiger partial charge in [0, 0.05) is 5.56 Å². The largest absolute Gasteiger partial charge is 0.463 e. The molecule has 0 amide bonds. The quantitative estimate of drug-likeness (QED) is 0.834. The fourth-order valence-corrected chi connectivity index (χ4v) is 1.60. The number of carbonyl (C=O) groups excluding carboxylic acids is 1. The van der Waals surface area contributed by atoms with E-state index in [1.54, 1.807) is 6.92 Å². The van der Waals surface area contributed by atoms with Crippen LogP contribution in [-0.4, -0.2) is 29.2 Å². The average Bonchev–Trinajstić information content (AvgIpc) is 2.47. The molecule has 0 fully saturated rings. The molecular formula is C14H15N3O3. The van der Waals surface area contributed by atoms with Gasteiger partial charge >= 0.3 is 12.0 Å². The summed E-state index contributed by atoms with van der Waals surface area (Å²) in [5.41, 5.74) is 7.72. The molecule has 0 bridgehead atoms. The Morgan fingerprint density at radius 2 is 2.05 bits per heavy atom. The summed E-state index contributed by atoms with van der Waals surface area (Å²) in [6.45, 7) is 1.80. The van der Waals surface area contributed by atoms with Crippen molar-refractivity contribution in [3.8, 4) is 17.3 Å². The molecule has 0 radical (unpaired) electrons. The van der Waals surface area contributed by atoms with E-state index in [4.69, 9.17) is 15.2 Å². The number of ether oxygens (including phenoxy) is 2. The fraction of sp³-hybridized carbons (Fsp3) is 0.214. The summed E-state index contributed by atoms with van der Waals surface area (Å²) in [6.07, 6.45) is 1.45. The molecule has 2 aromatic rings. The molecule has 0 aliphatic heterocycles. The van der Waals surface area contributed by atoms with Gasteiger partial charge in [0.25, 0.3) is 0 Å². The SMILES string of the molecule is CCOC(=O)COc1ncc(N)c(-c2ccccc2)n1. The van der Waals surface area contributed by atoms with Crippen molar-refractivity contribution in [2.45, 2.75) is 6.92 Å². The van der Waals surface area contributed by atoms with E-state index in [2.05, 4.69) is 9.97 Å². The number of nitrogen functional groups attached to an aromatic ring is 1. The summed E-state index contributed by atoms with van der Waals surface area (Å²) in [5.74, 6) is -0.464. The second-order valence-electron chi connectivity index (χ2n) is 3.92. The molecule has 6 nitrogen and oxygen atoms in total. The van der Waals surface area contributed by atoms with E-state index < -0.39 is 5.97 Å². The molecule has 0 saturated heterocycles. The van der Waals surface area contributed by atoms with Crippen LogP contribution in [0.5, 0.6) is 6.01 Å². The van der Waals surface area contributed by atoms with E-state index in [0.29, 0.717) is 18.0 Å². The van der Waals surface area contributed by atoms with Gasteiger partial charge in [-0.3, -0.25) is 0 Å². The van der Waals surface area contributed by atoms with Crippen LogP contribution < -0.4 is 10.5 Å². The highest BCUT2D eigenvalue weighted by molar-refractivity contribution is 5.72. The van der Waals surface area contributed by atoms with E-state index in [-0.39, 0.29) is 12.6 Å². The molecule has 1 heterocycles. The van der Waals surface area contributed by atoms with Crippen LogP contribution in [0.25, 0.3) is 11.3 Å². The summed E-state index contributed by atoms with van der Waals surface area (Å²) in [5, 5.41) is 0. The van der Waals surface area contributed by atoms with E-state index >= 15 is 0 Å². The number of hydrogen-bond donors (Lipinski definition) is 1. The molecule has 0 saturated carbocycles. The Morgan fingerprint density at radius 3 is 2.75 bits per heavy atom. The first-order valence-corrected chi connectivity index (χ1v) is 6.17. The third kappa shape index (κ3) is 3.44. The van der Waals surface area contributed by atoms with E-state index in [9.17, 15) is 4.79 Å². The van der Waals surface area contributed by atoms with Crippen LogP contribution in [0, 0.1) is 0 Å². The second-order valence-corrected chi connectivity index (χ2v) is 3.92. The van der Waals surface area contributed by atoms with Gasteiger partial charge in [0.1, 0.15) is 5.69 Å². The van der Waals surface area contributed by atoms with Crippen molar-refractivity contribution >= 4 is 11.7 Å². The van der Waals surface area contributed by atoms with Gasteiger partial charge in [-0.05, 0) is 6.92 Å². The Balaban J connectivity index is 2.15. The number of rotatable bonds is 5. The number of aromatic nitrogens is 2. The van der Waals surface area contributed by atoms with Gasteiger partial charge in [-0.25, -0.2) is 9.78 Å². The average molecular weight is 273 g/mol. The zero-order chi connectivity index (χ0) is 14.4. The van der Waals surface area contributed by atoms with Crippen LogP contribution in [0.3, 0.4) is 0 Å². The lowest BCUT2D eigenvalue weighted by molar-refractivity contribution is -0.145. The van der Waals surface area contributed by atoms with Gasteiger partial charge in [0.05, 0.1) is 18.5 Å². The normalized spacial score (nSPS) is 10.1. The predicted molar refractivity (Wildman–Crippen MR) is 74.0 cm³/mol. The molecule has 2 N–H and O–H groups in total. The summed E-state index contributed by atoms with van der Waals surface area (Å²) in [7, 11) is 0. The fourth-order valence-electron chi connectivity index (χ4n) is 1.60. The van der Waals surface area contributed by atoms with Crippen molar-refractivity contribution in [2.75, 3.05) is 18.9 Å². The van der Waals surface area contributed by atoms with Gasteiger partial charge in [-0.1, -0.05) is 30.3 Å². The van der Waals surface area contributed by atoms with E-state index in [1.165, 1.54) is 6.20 Å². The number of hydrogen-bond acceptors (Lipinski definition) is 6. The molecule has 1 aromatic carbocycles. The predicted octanol–water partition coefficient (Wildman–Crippen LogP) is 1.67. The molecule has 104 valence electrons. The van der Waals surface area contributed by atoms with Crippen molar-refractivity contribution in [1.29, 1.82) is 0 Å². The Kier molecular flexibility index (Phi) is 4.49. The third-order valence-corrected chi connectivity index (χ3v) is 2.47. The summed E-state index contributed by atoms with van der Waals surface area (Å²) >= 11 is 0. The zero-order valence-corrected chi connectivity index (χ0v) is 11.1. The van der Waals surface area contributed by atoms with E-state index in [1.807, 2.05) is 30.3 Å². The smallest absolute Gasteiger partial charge is 0.344 e. The number of nitrogens with two attached hydrogens (primary N) is 1. The molecule has 0 spiro atoms. The van der Waals surface area contributed by atoms with Crippen LogP contribution in [0.2, 0.25) is 0 Å². The highest BCUT2D eigenvalue weighted by Gasteiger charge is 2.09. The van der Waals surface area contributed by atoms with Gasteiger partial charge < -0.3 is 15.2 Å². The highest BCUT2D eigenvalue weighted by Crippen LogP contribution is 2.24. The van der Waals surface area contributed by atoms with Crippen molar-refractivity contribution in [3.05, 3.63) is 36.5 Å². The Hall–Kier alpha value is -2.63. The van der Waals surface area contributed by atoms with Crippen LogP contribution in [0.4, 0.5) is 5.69 Å². The Bertz CT molecular complexity index is 587. The minimum atomic E-state index is -0.464. The van der Waals surface area contributed by atoms with E-state index in [0.717, 1.165) is 5.56 Å². The molecule has 0 atom stereocenters. The molecule has 0 unspecified atom stereocenters. The number of anilines is 1. The molecule has 1 aromatic heterocycles. The zero-order valence-electron chi connectivity index (χ0n) is 11.1. The number of nitrogens with zero attached hydrogens (tertiary/aromatic N) is 2. The third-order valence-electron chi connectivity index (χ3n) is 2.47. The van der Waals surface area contributed by atoms with Crippen molar-refractivity contribution in [2.24, 2.45) is 0 Å². The standard InChI is InChI=1S/C14H15N3O3/c1-2-19-12(18)9-20-14-16-8-11(15)13(17-14)10-6-4-3-5-7-10/h3-8H,2,9,15H2,1H3. The van der Waals surface area contributed by atoms with Crippen LogP contribution >= 0.6 is 0 Å². The van der Waals surface area contributed by atoms with Gasteiger partial charge in [0.15, 0.2) is 6.61 Å². The van der Waals surface area contributed by atoms with Gasteiger partial charge in [-0.2, -0.15) is 4.98 Å². The van der Waals surface area contributed by atoms with Crippen LogP contribution in [-0.2, 0) is 9.53 Å². The maximum atomic E-state index is 11.2. The van der Waals surface area contributed by atoms with Gasteiger partial charge in [-0.15, -0.1) is 0 Å². The lowest BCUT2D eigenvalue weighted by Gasteiger charge is -2.08. The summed E-state index contributed by atoms with van der Waals surface area (Å²) in [4.78, 5) is 19.3. The van der Waals surface area contributed by atoms with Crippen molar-refractivity contribution < 1.29 is 14.3 Å². The topological polar surface area (TPSA) is 87.3 Å². The van der Waals surface area contributed by atoms with Crippen molar-refractivity contribution in [3.63, 3.8) is 0 Å². The monoisotopic (exact) mass is 273 g/mol. The second kappa shape index (κ2) is 6.51. The molecule has 20 heavy (non-hydrogen) atoms. The minimum absolute atomic E-state index is 0.0890. The first kappa shape index (κ1) is 13.8. The maximum absolute atomic E-state index is 11.2. The lowest BCUT2D eigenvalue weighted by atomic mass is 10.1. The Morgan fingerprint density at radius 1 is 1.30 bits per heavy atom. The van der Waals surface area contributed by atoms with Gasteiger partial charge in [0.2, 0.25) is 0 Å². The first-order valence-electron chi connectivity index (χ1n) is 6.17. The first-order chi connectivity index (χ1) is 9.70. The number of benzene rings is 1. The number of esters is 1. The molecule has 2 rings (SSSR count). The lowest BCUT2D eigenvalue weighted by Crippen LogP contribution is -2.15. The highest BCUT2D eigenvalue weighted by atomic mass is 16.6. The molecule has 6 heteroatoms. The van der Waals surface area contributed by atoms with Crippen LogP contribution in [0.15, 0.2) is 36.5 Å². The molecule has 0 aliphatic rings. The summed E-state index contributed by atoms with van der Waals surface area (Å²) < 4.78 is 9.94. The number of carbonyl (C=O) groups is 1. The Labute approximate surface area is 116 Å². The minimum Gasteiger partial charge on any atom is -0.463 e.